The van der Waals surface area contributed by atoms with Gasteiger partial charge in [-0.1, -0.05) is 99.5 Å². The van der Waals surface area contributed by atoms with Crippen molar-refractivity contribution in [1.29, 1.82) is 0 Å². The van der Waals surface area contributed by atoms with E-state index in [9.17, 15) is 0 Å². The van der Waals surface area contributed by atoms with E-state index >= 15 is 0 Å². The molecule has 0 amide bonds. The summed E-state index contributed by atoms with van der Waals surface area (Å²) in [4.78, 5) is 0. The molecule has 0 spiro atoms. The first-order valence-corrected chi connectivity index (χ1v) is 12.4. The van der Waals surface area contributed by atoms with Crippen molar-refractivity contribution in [3.63, 3.8) is 0 Å². The predicted octanol–water partition coefficient (Wildman–Crippen LogP) is 3.10. The van der Waals surface area contributed by atoms with Crippen LogP contribution < -0.4 is 24.8 Å². The largest absolute Gasteiger partial charge is 4.00 e. The summed E-state index contributed by atoms with van der Waals surface area (Å²) >= 11 is 1.75. The van der Waals surface area contributed by atoms with Crippen molar-refractivity contribution in [2.75, 3.05) is 0 Å². The number of hydrogen-bond donors (Lipinski definition) is 0. The zero-order chi connectivity index (χ0) is 23.1. The Morgan fingerprint density at radius 1 is 0.857 bits per heavy atom. The maximum atomic E-state index is 3.53. The average molecular weight is 601 g/mol. The van der Waals surface area contributed by atoms with Crippen LogP contribution in [0.1, 0.15) is 69.4 Å². The van der Waals surface area contributed by atoms with Crippen LogP contribution in [0.2, 0.25) is 0 Å². The molecule has 1 aliphatic rings. The molecule has 1 aliphatic carbocycles. The molecule has 0 N–H and O–H groups in total. The Kier molecular flexibility index (Phi) is 11.4. The first kappa shape index (κ1) is 32.0. The molecule has 0 saturated heterocycles. The second kappa shape index (κ2) is 12.5. The molecule has 0 aliphatic heterocycles. The third kappa shape index (κ3) is 7.26. The number of hydrogen-bond acceptors (Lipinski definition) is 1. The van der Waals surface area contributed by atoms with E-state index in [1.165, 1.54) is 50.1 Å². The van der Waals surface area contributed by atoms with E-state index in [1.54, 1.807) is 11.3 Å². The van der Waals surface area contributed by atoms with Gasteiger partial charge >= 0.3 is 26.2 Å². The van der Waals surface area contributed by atoms with Crippen LogP contribution in [0.15, 0.2) is 65.4 Å². The summed E-state index contributed by atoms with van der Waals surface area (Å²) in [7, 11) is 0. The van der Waals surface area contributed by atoms with Gasteiger partial charge < -0.3 is 24.8 Å². The summed E-state index contributed by atoms with van der Waals surface area (Å²) in [5.41, 5.74) is 12.8. The van der Waals surface area contributed by atoms with E-state index in [-0.39, 0.29) is 61.8 Å². The first-order chi connectivity index (χ1) is 15.0. The van der Waals surface area contributed by atoms with E-state index in [0.29, 0.717) is 0 Å². The van der Waals surface area contributed by atoms with Gasteiger partial charge in [-0.15, -0.1) is 34.9 Å². The van der Waals surface area contributed by atoms with Gasteiger partial charge in [0.1, 0.15) is 0 Å². The summed E-state index contributed by atoms with van der Waals surface area (Å²) in [5, 5.41) is 4.30. The van der Waals surface area contributed by atoms with Crippen molar-refractivity contribution in [3.8, 4) is 22.3 Å². The summed E-state index contributed by atoms with van der Waals surface area (Å²) < 4.78 is 0. The van der Waals surface area contributed by atoms with E-state index in [2.05, 4.69) is 120 Å². The van der Waals surface area contributed by atoms with Gasteiger partial charge in [0.2, 0.25) is 0 Å². The van der Waals surface area contributed by atoms with Crippen LogP contribution in [0.3, 0.4) is 0 Å². The normalized spacial score (nSPS) is 11.6. The Hall–Kier alpha value is -1.05. The van der Waals surface area contributed by atoms with Crippen LogP contribution in [0.25, 0.3) is 22.3 Å². The molecule has 35 heavy (non-hydrogen) atoms. The minimum atomic E-state index is 0. The molecule has 0 saturated carbocycles. The van der Waals surface area contributed by atoms with Crippen LogP contribution in [-0.4, -0.2) is 0 Å². The minimum Gasteiger partial charge on any atom is -1.00 e. The molecule has 0 nitrogen and oxygen atoms in total. The maximum Gasteiger partial charge on any atom is 4.00 e. The quantitative estimate of drug-likeness (QED) is 0.260. The molecule has 5 rings (SSSR count). The maximum absolute atomic E-state index is 3.53. The number of benzene rings is 2. The van der Waals surface area contributed by atoms with Gasteiger partial charge in [-0.3, -0.25) is 0 Å². The monoisotopic (exact) mass is 598 g/mol. The van der Waals surface area contributed by atoms with Gasteiger partial charge in [0.05, 0.1) is 0 Å². The molecule has 0 fully saturated rings. The zero-order valence-electron chi connectivity index (χ0n) is 21.7. The number of thiophene rings is 1. The molecule has 0 atom stereocenters. The molecular formula is C31H34Cl2SZr. The fraction of sp³-hybridized carbons (Fsp3) is 0.323. The Morgan fingerprint density at radius 2 is 1.51 bits per heavy atom. The molecule has 182 valence electrons. The first-order valence-electron chi connectivity index (χ1n) is 11.5. The Morgan fingerprint density at radius 3 is 2.06 bits per heavy atom. The standard InChI is InChI=1S/C21H25.C10H9S.2ClH.Zr/c1-20(2,3)16-9-7-14-11-15-8-10-17(21(4,5)6)13-19(15)18(14)12-16;1-8-3-2-4-10(8)9-5-6-11-7-9;;;/h7,9-10,12-13H,11H2,1-6H3;2-7H,1H3;2*1H;/q2*-1;;;+4/p-2. The number of aryl methyl sites for hydroxylation is 1. The van der Waals surface area contributed by atoms with Crippen molar-refractivity contribution in [3.05, 3.63) is 99.2 Å². The molecule has 1 heterocycles. The number of fused-ring (bicyclic) bond motifs is 3. The second-order valence-corrected chi connectivity index (χ2v) is 11.7. The van der Waals surface area contributed by atoms with Gasteiger partial charge in [0.25, 0.3) is 0 Å². The minimum absolute atomic E-state index is 0. The third-order valence-corrected chi connectivity index (χ3v) is 7.08. The SMILES string of the molecule is CC(C)(C)c1c[c-]c2c(c1)-c1cc(C(C)(C)C)ccc1C2.Cc1ccc[c-]1-c1ccsc1.[Cl-].[Cl-].[Zr+4]. The zero-order valence-corrected chi connectivity index (χ0v) is 26.5. The Bertz CT molecular complexity index is 1160. The fourth-order valence-electron chi connectivity index (χ4n) is 4.24. The van der Waals surface area contributed by atoms with Crippen LogP contribution in [0.5, 0.6) is 0 Å². The van der Waals surface area contributed by atoms with E-state index < -0.39 is 0 Å². The molecular weight excluding hydrogens is 567 g/mol. The average Bonchev–Trinajstić information content (AvgIpc) is 3.45. The van der Waals surface area contributed by atoms with Gasteiger partial charge in [0, 0.05) is 0 Å². The third-order valence-electron chi connectivity index (χ3n) is 6.39. The van der Waals surface area contributed by atoms with Crippen molar-refractivity contribution < 1.29 is 51.0 Å². The van der Waals surface area contributed by atoms with Crippen molar-refractivity contribution in [2.24, 2.45) is 0 Å². The van der Waals surface area contributed by atoms with E-state index in [0.717, 1.165) is 6.42 Å². The molecule has 4 aromatic rings. The Labute approximate surface area is 247 Å². The van der Waals surface area contributed by atoms with Crippen LogP contribution in [-0.2, 0) is 43.5 Å². The van der Waals surface area contributed by atoms with Crippen LogP contribution >= 0.6 is 11.3 Å². The van der Waals surface area contributed by atoms with E-state index in [4.69, 9.17) is 0 Å². The second-order valence-electron chi connectivity index (χ2n) is 11.0. The fourth-order valence-corrected chi connectivity index (χ4v) is 4.89. The summed E-state index contributed by atoms with van der Waals surface area (Å²) in [6.45, 7) is 15.8. The topological polar surface area (TPSA) is 0 Å². The summed E-state index contributed by atoms with van der Waals surface area (Å²) in [6.07, 6.45) is 1.03. The molecule has 4 heteroatoms. The van der Waals surface area contributed by atoms with Gasteiger partial charge in [0.15, 0.2) is 0 Å². The van der Waals surface area contributed by atoms with Crippen molar-refractivity contribution in [1.82, 2.24) is 0 Å². The van der Waals surface area contributed by atoms with E-state index in [1.807, 2.05) is 0 Å². The molecule has 3 aromatic carbocycles. The number of halogens is 2. The van der Waals surface area contributed by atoms with Gasteiger partial charge in [-0.2, -0.15) is 35.4 Å². The summed E-state index contributed by atoms with van der Waals surface area (Å²) in [5.74, 6) is 0. The van der Waals surface area contributed by atoms with Crippen LogP contribution in [0, 0.1) is 13.0 Å². The molecule has 1 aromatic heterocycles. The summed E-state index contributed by atoms with van der Waals surface area (Å²) in [6, 6.07) is 23.6. The smallest absolute Gasteiger partial charge is 1.00 e. The van der Waals surface area contributed by atoms with Crippen molar-refractivity contribution >= 4 is 11.3 Å². The van der Waals surface area contributed by atoms with Crippen LogP contribution in [0.4, 0.5) is 0 Å². The van der Waals surface area contributed by atoms with Crippen molar-refractivity contribution in [2.45, 2.75) is 65.7 Å². The number of rotatable bonds is 1. The Balaban J connectivity index is 0.000000375. The van der Waals surface area contributed by atoms with Gasteiger partial charge in [-0.05, 0) is 17.4 Å². The molecule has 0 radical (unpaired) electrons. The molecule has 0 unspecified atom stereocenters. The van der Waals surface area contributed by atoms with Gasteiger partial charge in [-0.25, -0.2) is 11.3 Å². The molecule has 0 bridgehead atoms. The predicted molar refractivity (Wildman–Crippen MR) is 141 cm³/mol.